The fourth-order valence-corrected chi connectivity index (χ4v) is 3.04. The Kier molecular flexibility index (Phi) is 3.11. The third-order valence-corrected chi connectivity index (χ3v) is 4.37. The molecule has 2 aromatic rings. The lowest BCUT2D eigenvalue weighted by Crippen LogP contribution is -2.46. The number of hydrogen-bond acceptors (Lipinski definition) is 4. The van der Waals surface area contributed by atoms with E-state index in [0.717, 1.165) is 36.2 Å². The first kappa shape index (κ1) is 12.2. The van der Waals surface area contributed by atoms with Crippen molar-refractivity contribution in [3.8, 4) is 0 Å². The molecule has 2 aliphatic rings. The van der Waals surface area contributed by atoms with Gasteiger partial charge in [0, 0.05) is 25.2 Å². The number of benzene rings is 1. The number of oxazole rings is 1. The van der Waals surface area contributed by atoms with Crippen molar-refractivity contribution in [2.24, 2.45) is 0 Å². The van der Waals surface area contributed by atoms with Gasteiger partial charge in [-0.1, -0.05) is 12.1 Å². The van der Waals surface area contributed by atoms with Crippen LogP contribution in [0.2, 0.25) is 0 Å². The molecule has 0 amide bonds. The summed E-state index contributed by atoms with van der Waals surface area (Å²) in [5.41, 5.74) is 1.85. The van der Waals surface area contributed by atoms with Crippen LogP contribution in [0.4, 0.5) is 6.01 Å². The van der Waals surface area contributed by atoms with Gasteiger partial charge in [-0.25, -0.2) is 0 Å². The second kappa shape index (κ2) is 5.09. The van der Waals surface area contributed by atoms with Crippen LogP contribution >= 0.6 is 0 Å². The van der Waals surface area contributed by atoms with Crippen molar-refractivity contribution in [2.45, 2.75) is 44.2 Å². The molecular formula is C16H21N3O. The number of aromatic nitrogens is 1. The fraction of sp³-hybridized carbons (Fsp3) is 0.562. The third kappa shape index (κ3) is 2.40. The second-order valence-electron chi connectivity index (χ2n) is 5.99. The van der Waals surface area contributed by atoms with Gasteiger partial charge < -0.3 is 14.6 Å². The van der Waals surface area contributed by atoms with Crippen LogP contribution in [-0.2, 0) is 0 Å². The zero-order valence-corrected chi connectivity index (χ0v) is 11.7. The Hall–Kier alpha value is -1.55. The van der Waals surface area contributed by atoms with Crippen LogP contribution in [0.5, 0.6) is 0 Å². The summed E-state index contributed by atoms with van der Waals surface area (Å²) < 4.78 is 5.95. The Bertz CT molecular complexity index is 557. The minimum Gasteiger partial charge on any atom is -0.423 e. The molecule has 1 aromatic heterocycles. The minimum absolute atomic E-state index is 0.525. The molecule has 4 nitrogen and oxygen atoms in total. The Balaban J connectivity index is 1.56. The van der Waals surface area contributed by atoms with E-state index in [9.17, 15) is 0 Å². The van der Waals surface area contributed by atoms with Crippen LogP contribution in [-0.4, -0.2) is 30.2 Å². The lowest BCUT2D eigenvalue weighted by molar-refractivity contribution is 0.406. The van der Waals surface area contributed by atoms with Gasteiger partial charge in [-0.3, -0.25) is 0 Å². The molecular weight excluding hydrogens is 250 g/mol. The van der Waals surface area contributed by atoms with Gasteiger partial charge in [-0.2, -0.15) is 4.98 Å². The Morgan fingerprint density at radius 1 is 1.20 bits per heavy atom. The van der Waals surface area contributed by atoms with Crippen molar-refractivity contribution in [3.05, 3.63) is 24.3 Å². The highest BCUT2D eigenvalue weighted by Crippen LogP contribution is 2.28. The highest BCUT2D eigenvalue weighted by molar-refractivity contribution is 5.74. The van der Waals surface area contributed by atoms with Crippen molar-refractivity contribution in [2.75, 3.05) is 18.0 Å². The van der Waals surface area contributed by atoms with E-state index in [1.165, 1.54) is 32.1 Å². The molecule has 0 spiro atoms. The van der Waals surface area contributed by atoms with Crippen LogP contribution in [0.15, 0.2) is 28.7 Å². The molecule has 1 unspecified atom stereocenters. The molecule has 1 saturated heterocycles. The first-order chi connectivity index (χ1) is 9.90. The Morgan fingerprint density at radius 3 is 2.95 bits per heavy atom. The van der Waals surface area contributed by atoms with Crippen LogP contribution in [0.3, 0.4) is 0 Å². The first-order valence-electron chi connectivity index (χ1n) is 7.76. The van der Waals surface area contributed by atoms with Gasteiger partial charge in [-0.05, 0) is 44.2 Å². The topological polar surface area (TPSA) is 41.3 Å². The van der Waals surface area contributed by atoms with Gasteiger partial charge >= 0.3 is 0 Å². The Labute approximate surface area is 119 Å². The number of nitrogens with one attached hydrogen (secondary N) is 1. The van der Waals surface area contributed by atoms with Crippen LogP contribution < -0.4 is 10.2 Å². The minimum atomic E-state index is 0.525. The largest absolute Gasteiger partial charge is 0.423 e. The lowest BCUT2D eigenvalue weighted by atomic mass is 10.0. The molecule has 0 radical (unpaired) electrons. The molecule has 0 bridgehead atoms. The molecule has 4 heteroatoms. The smallest absolute Gasteiger partial charge is 0.298 e. The van der Waals surface area contributed by atoms with E-state index in [1.807, 2.05) is 24.3 Å². The second-order valence-corrected chi connectivity index (χ2v) is 5.99. The summed E-state index contributed by atoms with van der Waals surface area (Å²) >= 11 is 0. The van der Waals surface area contributed by atoms with E-state index in [1.54, 1.807) is 0 Å². The SMILES string of the molecule is c1ccc2oc(N3CCCCC3CNC3CC3)nc2c1. The number of fused-ring (bicyclic) bond motifs is 1. The van der Waals surface area contributed by atoms with E-state index < -0.39 is 0 Å². The number of hydrogen-bond donors (Lipinski definition) is 1. The van der Waals surface area contributed by atoms with E-state index in [-0.39, 0.29) is 0 Å². The monoisotopic (exact) mass is 271 g/mol. The van der Waals surface area contributed by atoms with Crippen molar-refractivity contribution < 1.29 is 4.42 Å². The number of piperidine rings is 1. The van der Waals surface area contributed by atoms with Gasteiger partial charge in [0.05, 0.1) is 0 Å². The quantitative estimate of drug-likeness (QED) is 0.928. The average molecular weight is 271 g/mol. The Morgan fingerprint density at radius 2 is 2.10 bits per heavy atom. The highest BCUT2D eigenvalue weighted by Gasteiger charge is 2.28. The molecule has 4 rings (SSSR count). The van der Waals surface area contributed by atoms with E-state index in [2.05, 4.69) is 15.2 Å². The molecule has 2 fully saturated rings. The predicted molar refractivity (Wildman–Crippen MR) is 80.0 cm³/mol. The molecule has 1 saturated carbocycles. The summed E-state index contributed by atoms with van der Waals surface area (Å²) in [5.74, 6) is 0. The molecule has 1 N–H and O–H groups in total. The average Bonchev–Trinajstić information content (AvgIpc) is 3.22. The fourth-order valence-electron chi connectivity index (χ4n) is 3.04. The summed E-state index contributed by atoms with van der Waals surface area (Å²) in [4.78, 5) is 7.02. The molecule has 106 valence electrons. The van der Waals surface area contributed by atoms with Crippen LogP contribution in [0.1, 0.15) is 32.1 Å². The number of para-hydroxylation sites is 2. The molecule has 1 atom stereocenters. The molecule has 2 heterocycles. The van der Waals surface area contributed by atoms with Crippen molar-refractivity contribution in [3.63, 3.8) is 0 Å². The molecule has 20 heavy (non-hydrogen) atoms. The molecule has 1 aliphatic heterocycles. The zero-order chi connectivity index (χ0) is 13.4. The van der Waals surface area contributed by atoms with Crippen molar-refractivity contribution >= 4 is 17.1 Å². The van der Waals surface area contributed by atoms with Crippen LogP contribution in [0.25, 0.3) is 11.1 Å². The standard InChI is InChI=1S/C16H21N3O/c1-2-7-15-14(6-1)18-16(20-15)19-10-4-3-5-13(19)11-17-12-8-9-12/h1-2,6-7,12-13,17H,3-5,8-11H2. The maximum atomic E-state index is 5.95. The van der Waals surface area contributed by atoms with Gasteiger partial charge in [0.2, 0.25) is 0 Å². The van der Waals surface area contributed by atoms with Gasteiger partial charge in [0.25, 0.3) is 6.01 Å². The summed E-state index contributed by atoms with van der Waals surface area (Å²) in [7, 11) is 0. The normalized spacial score (nSPS) is 23.4. The van der Waals surface area contributed by atoms with Crippen LogP contribution in [0, 0.1) is 0 Å². The summed E-state index contributed by atoms with van der Waals surface area (Å²) in [5, 5.41) is 3.65. The van der Waals surface area contributed by atoms with E-state index >= 15 is 0 Å². The van der Waals surface area contributed by atoms with Gasteiger partial charge in [0.15, 0.2) is 5.58 Å². The highest BCUT2D eigenvalue weighted by atomic mass is 16.4. The molecule has 1 aliphatic carbocycles. The first-order valence-corrected chi connectivity index (χ1v) is 7.76. The molecule has 1 aromatic carbocycles. The number of nitrogens with zero attached hydrogens (tertiary/aromatic N) is 2. The summed E-state index contributed by atoms with van der Waals surface area (Å²) in [6.07, 6.45) is 6.47. The summed E-state index contributed by atoms with van der Waals surface area (Å²) in [6.45, 7) is 2.12. The van der Waals surface area contributed by atoms with Gasteiger partial charge in [-0.15, -0.1) is 0 Å². The van der Waals surface area contributed by atoms with E-state index in [4.69, 9.17) is 4.42 Å². The number of rotatable bonds is 4. The predicted octanol–water partition coefficient (Wildman–Crippen LogP) is 2.94. The zero-order valence-electron chi connectivity index (χ0n) is 11.7. The van der Waals surface area contributed by atoms with Gasteiger partial charge in [0.1, 0.15) is 5.52 Å². The van der Waals surface area contributed by atoms with Crippen molar-refractivity contribution in [1.29, 1.82) is 0 Å². The maximum absolute atomic E-state index is 5.95. The lowest BCUT2D eigenvalue weighted by Gasteiger charge is -2.34. The van der Waals surface area contributed by atoms with Crippen molar-refractivity contribution in [1.82, 2.24) is 10.3 Å². The van der Waals surface area contributed by atoms with E-state index in [0.29, 0.717) is 6.04 Å². The number of anilines is 1. The summed E-state index contributed by atoms with van der Waals surface area (Å²) in [6, 6.07) is 10.1. The third-order valence-electron chi connectivity index (χ3n) is 4.37. The maximum Gasteiger partial charge on any atom is 0.298 e.